The number of hydrogen-bond donors (Lipinski definition) is 2. The van der Waals surface area contributed by atoms with Crippen molar-refractivity contribution in [3.8, 4) is 0 Å². The minimum Gasteiger partial charge on any atom is -0.342 e. The lowest BCUT2D eigenvalue weighted by atomic mass is 10.0. The molecule has 0 unspecified atom stereocenters. The third-order valence-corrected chi connectivity index (χ3v) is 5.87. The Labute approximate surface area is 166 Å². The van der Waals surface area contributed by atoms with E-state index >= 15 is 0 Å². The van der Waals surface area contributed by atoms with Crippen LogP contribution in [-0.2, 0) is 22.6 Å². The molecule has 2 saturated heterocycles. The maximum Gasteiger partial charge on any atom is 0.246 e. The number of nitrogens with zero attached hydrogens (tertiary/aromatic N) is 1. The Hall–Kier alpha value is -2.66. The molecule has 2 aromatic carbocycles. The summed E-state index contributed by atoms with van der Waals surface area (Å²) in [6.45, 7) is 5.54. The number of rotatable bonds is 5. The molecule has 0 aromatic heterocycles. The molecule has 2 heterocycles. The summed E-state index contributed by atoms with van der Waals surface area (Å²) in [5.74, 6) is 0.000978. The molecule has 3 atom stereocenters. The summed E-state index contributed by atoms with van der Waals surface area (Å²) in [5.41, 5.74) is 4.82. The van der Waals surface area contributed by atoms with Crippen molar-refractivity contribution in [2.45, 2.75) is 51.4 Å². The zero-order valence-electron chi connectivity index (χ0n) is 16.4. The molecule has 2 aliphatic heterocycles. The van der Waals surface area contributed by atoms with Crippen LogP contribution in [0.3, 0.4) is 0 Å². The van der Waals surface area contributed by atoms with Gasteiger partial charge in [0, 0.05) is 25.6 Å². The SMILES string of the molecule is Cc1ccc(C)c(CN[C@H]2C[C@H]3C(=O)N[C@@H](Cc4ccccc4)C(=O)N3C2)c1. The molecule has 5 heteroatoms. The molecule has 28 heavy (non-hydrogen) atoms. The number of aryl methyl sites for hydroxylation is 2. The van der Waals surface area contributed by atoms with Crippen LogP contribution < -0.4 is 10.6 Å². The van der Waals surface area contributed by atoms with Crippen LogP contribution in [0.1, 0.15) is 28.7 Å². The van der Waals surface area contributed by atoms with E-state index in [0.717, 1.165) is 12.1 Å². The topological polar surface area (TPSA) is 61.4 Å². The molecule has 0 saturated carbocycles. The molecular formula is C23H27N3O2. The number of benzene rings is 2. The number of carbonyl (C=O) groups is 2. The Morgan fingerprint density at radius 3 is 2.68 bits per heavy atom. The summed E-state index contributed by atoms with van der Waals surface area (Å²) in [5, 5.41) is 6.49. The standard InChI is InChI=1S/C23H27N3O2/c1-15-8-9-16(2)18(10-15)13-24-19-12-21-22(27)25-20(23(28)26(21)14-19)11-17-6-4-3-5-7-17/h3-10,19-21,24H,11-14H2,1-2H3,(H,25,27)/t19-,20-,21-/m0/s1. The van der Waals surface area contributed by atoms with E-state index in [1.54, 1.807) is 4.90 Å². The fraction of sp³-hybridized carbons (Fsp3) is 0.391. The molecule has 0 aliphatic carbocycles. The molecular weight excluding hydrogens is 350 g/mol. The average molecular weight is 377 g/mol. The summed E-state index contributed by atoms with van der Waals surface area (Å²) >= 11 is 0. The summed E-state index contributed by atoms with van der Waals surface area (Å²) in [4.78, 5) is 27.3. The van der Waals surface area contributed by atoms with Gasteiger partial charge in [-0.05, 0) is 37.0 Å². The van der Waals surface area contributed by atoms with Crippen molar-refractivity contribution in [1.29, 1.82) is 0 Å². The van der Waals surface area contributed by atoms with Crippen LogP contribution in [0.5, 0.6) is 0 Å². The molecule has 4 rings (SSSR count). The van der Waals surface area contributed by atoms with Gasteiger partial charge in [-0.3, -0.25) is 9.59 Å². The van der Waals surface area contributed by atoms with Crippen LogP contribution in [0, 0.1) is 13.8 Å². The van der Waals surface area contributed by atoms with E-state index in [9.17, 15) is 9.59 Å². The predicted molar refractivity (Wildman–Crippen MR) is 109 cm³/mol. The van der Waals surface area contributed by atoms with E-state index in [1.165, 1.54) is 16.7 Å². The van der Waals surface area contributed by atoms with Crippen LogP contribution in [0.15, 0.2) is 48.5 Å². The Morgan fingerprint density at radius 2 is 1.89 bits per heavy atom. The summed E-state index contributed by atoms with van der Waals surface area (Å²) < 4.78 is 0. The van der Waals surface area contributed by atoms with Gasteiger partial charge in [0.05, 0.1) is 0 Å². The minimum atomic E-state index is -0.469. The lowest BCUT2D eigenvalue weighted by Crippen LogP contribution is -2.61. The highest BCUT2D eigenvalue weighted by Gasteiger charge is 2.46. The monoisotopic (exact) mass is 377 g/mol. The van der Waals surface area contributed by atoms with Gasteiger partial charge in [0.1, 0.15) is 12.1 Å². The van der Waals surface area contributed by atoms with E-state index in [2.05, 4.69) is 42.7 Å². The van der Waals surface area contributed by atoms with Crippen molar-refractivity contribution in [2.24, 2.45) is 0 Å². The first-order chi connectivity index (χ1) is 13.5. The van der Waals surface area contributed by atoms with Crippen LogP contribution in [-0.4, -0.2) is 41.4 Å². The zero-order chi connectivity index (χ0) is 19.7. The van der Waals surface area contributed by atoms with Crippen molar-refractivity contribution in [2.75, 3.05) is 6.54 Å². The molecule has 5 nitrogen and oxygen atoms in total. The van der Waals surface area contributed by atoms with Crippen molar-refractivity contribution in [1.82, 2.24) is 15.5 Å². The van der Waals surface area contributed by atoms with E-state index in [-0.39, 0.29) is 23.9 Å². The van der Waals surface area contributed by atoms with Crippen LogP contribution >= 0.6 is 0 Å². The number of hydrogen-bond acceptors (Lipinski definition) is 3. The second-order valence-electron chi connectivity index (χ2n) is 8.00. The summed E-state index contributed by atoms with van der Waals surface area (Å²) in [6.07, 6.45) is 1.20. The number of fused-ring (bicyclic) bond motifs is 1. The predicted octanol–water partition coefficient (Wildman–Crippen LogP) is 2.10. The van der Waals surface area contributed by atoms with Crippen molar-refractivity contribution < 1.29 is 9.59 Å². The number of piperazine rings is 1. The van der Waals surface area contributed by atoms with E-state index in [0.29, 0.717) is 19.4 Å². The average Bonchev–Trinajstić information content (AvgIpc) is 3.13. The van der Waals surface area contributed by atoms with Gasteiger partial charge in [-0.2, -0.15) is 0 Å². The zero-order valence-corrected chi connectivity index (χ0v) is 16.4. The van der Waals surface area contributed by atoms with Crippen LogP contribution in [0.2, 0.25) is 0 Å². The maximum atomic E-state index is 13.0. The third-order valence-electron chi connectivity index (χ3n) is 5.87. The smallest absolute Gasteiger partial charge is 0.246 e. The Balaban J connectivity index is 1.40. The number of nitrogens with one attached hydrogen (secondary N) is 2. The molecule has 0 bridgehead atoms. The third kappa shape index (κ3) is 3.80. The lowest BCUT2D eigenvalue weighted by Gasteiger charge is -2.34. The minimum absolute atomic E-state index is 0.0310. The summed E-state index contributed by atoms with van der Waals surface area (Å²) in [6, 6.07) is 15.6. The van der Waals surface area contributed by atoms with Gasteiger partial charge >= 0.3 is 0 Å². The molecule has 2 fully saturated rings. The highest BCUT2D eigenvalue weighted by atomic mass is 16.2. The quantitative estimate of drug-likeness (QED) is 0.839. The molecule has 0 radical (unpaired) electrons. The van der Waals surface area contributed by atoms with E-state index in [4.69, 9.17) is 0 Å². The second kappa shape index (κ2) is 7.76. The van der Waals surface area contributed by atoms with Gasteiger partial charge in [0.15, 0.2) is 0 Å². The first kappa shape index (κ1) is 18.7. The summed E-state index contributed by atoms with van der Waals surface area (Å²) in [7, 11) is 0. The highest BCUT2D eigenvalue weighted by Crippen LogP contribution is 2.24. The Bertz CT molecular complexity index is 881. The van der Waals surface area contributed by atoms with Crippen LogP contribution in [0.4, 0.5) is 0 Å². The molecule has 146 valence electrons. The van der Waals surface area contributed by atoms with Gasteiger partial charge in [0.2, 0.25) is 11.8 Å². The Morgan fingerprint density at radius 1 is 1.11 bits per heavy atom. The maximum absolute atomic E-state index is 13.0. The second-order valence-corrected chi connectivity index (χ2v) is 8.00. The Kier molecular flexibility index (Phi) is 5.18. The van der Waals surface area contributed by atoms with E-state index < -0.39 is 6.04 Å². The van der Waals surface area contributed by atoms with Crippen molar-refractivity contribution >= 4 is 11.8 Å². The van der Waals surface area contributed by atoms with Crippen LogP contribution in [0.25, 0.3) is 0 Å². The molecule has 2 aliphatic rings. The number of amides is 2. The molecule has 0 spiro atoms. The highest BCUT2D eigenvalue weighted by molar-refractivity contribution is 5.97. The first-order valence-electron chi connectivity index (χ1n) is 9.95. The number of carbonyl (C=O) groups excluding carboxylic acids is 2. The largest absolute Gasteiger partial charge is 0.342 e. The fourth-order valence-corrected chi connectivity index (χ4v) is 4.24. The normalized spacial score (nSPS) is 24.2. The van der Waals surface area contributed by atoms with Crippen molar-refractivity contribution in [3.05, 3.63) is 70.8 Å². The van der Waals surface area contributed by atoms with Crippen molar-refractivity contribution in [3.63, 3.8) is 0 Å². The molecule has 2 aromatic rings. The van der Waals surface area contributed by atoms with Gasteiger partial charge in [0.25, 0.3) is 0 Å². The first-order valence-corrected chi connectivity index (χ1v) is 9.95. The van der Waals surface area contributed by atoms with Gasteiger partial charge in [-0.1, -0.05) is 54.1 Å². The van der Waals surface area contributed by atoms with Gasteiger partial charge in [-0.15, -0.1) is 0 Å². The van der Waals surface area contributed by atoms with Gasteiger partial charge < -0.3 is 15.5 Å². The molecule has 2 N–H and O–H groups in total. The lowest BCUT2D eigenvalue weighted by molar-refractivity contribution is -0.147. The van der Waals surface area contributed by atoms with Gasteiger partial charge in [-0.25, -0.2) is 0 Å². The fourth-order valence-electron chi connectivity index (χ4n) is 4.24. The van der Waals surface area contributed by atoms with E-state index in [1.807, 2.05) is 30.3 Å². The molecule has 2 amide bonds.